The van der Waals surface area contributed by atoms with Crippen molar-refractivity contribution in [3.8, 4) is 0 Å². The number of aliphatic hydroxyl groups excluding tert-OH is 1. The number of aliphatic hydroxyl groups is 1. The summed E-state index contributed by atoms with van der Waals surface area (Å²) in [7, 11) is -12.0. The minimum Gasteiger partial charge on any atom is -0.391 e. The molecule has 0 radical (unpaired) electrons. The number of alkyl halides is 9. The fourth-order valence-electron chi connectivity index (χ4n) is 1.77. The van der Waals surface area contributed by atoms with Crippen LogP contribution in [0.15, 0.2) is 0 Å². The summed E-state index contributed by atoms with van der Waals surface area (Å²) in [5, 5.41) is 2.29. The van der Waals surface area contributed by atoms with E-state index in [9.17, 15) is 61.5 Å². The summed E-state index contributed by atoms with van der Waals surface area (Å²) in [6, 6.07) is 0. The van der Waals surface area contributed by atoms with E-state index < -0.39 is 79.1 Å². The number of halogens is 9. The van der Waals surface area contributed by atoms with Gasteiger partial charge < -0.3 is 5.11 Å². The molecule has 0 saturated heterocycles. The summed E-state index contributed by atoms with van der Waals surface area (Å²) in [6.45, 7) is -1.86. The quantitative estimate of drug-likeness (QED) is 0.365. The second-order valence-corrected chi connectivity index (χ2v) is 8.91. The van der Waals surface area contributed by atoms with Crippen LogP contribution in [-0.4, -0.2) is 79.0 Å². The van der Waals surface area contributed by atoms with Crippen LogP contribution in [0.4, 0.5) is 39.5 Å². The maximum Gasteiger partial charge on any atom is 0.460 e. The molecule has 1 unspecified atom stereocenters. The van der Waals surface area contributed by atoms with Crippen LogP contribution in [-0.2, 0) is 20.1 Å². The van der Waals surface area contributed by atoms with Crippen LogP contribution in [0, 0.1) is 0 Å². The molecule has 18 heteroatoms. The minimum atomic E-state index is -7.46. The molecule has 1 atom stereocenters. The van der Waals surface area contributed by atoms with Crippen molar-refractivity contribution >= 4 is 20.1 Å². The molecule has 170 valence electrons. The van der Waals surface area contributed by atoms with Gasteiger partial charge in [0.25, 0.3) is 20.1 Å². The second kappa shape index (κ2) is 8.11. The summed E-state index contributed by atoms with van der Waals surface area (Å²) in [5.74, 6) is -16.6. The third kappa shape index (κ3) is 5.19. The molecule has 0 saturated carbocycles. The molecule has 0 amide bonds. The van der Waals surface area contributed by atoms with Gasteiger partial charge in [0.05, 0.1) is 6.10 Å². The minimum absolute atomic E-state index is 0.477. The Morgan fingerprint density at radius 3 is 1.64 bits per heavy atom. The van der Waals surface area contributed by atoms with Gasteiger partial charge in [0.15, 0.2) is 0 Å². The lowest BCUT2D eigenvalue weighted by Gasteiger charge is -2.36. The van der Waals surface area contributed by atoms with Crippen molar-refractivity contribution in [2.24, 2.45) is 0 Å². The normalized spacial score (nSPS) is 16.5. The molecular formula is C10H14F9NO6S2. The second-order valence-electron chi connectivity index (χ2n) is 5.43. The van der Waals surface area contributed by atoms with Gasteiger partial charge in [-0.2, -0.15) is 52.2 Å². The Balaban J connectivity index is 6.18. The van der Waals surface area contributed by atoms with E-state index in [2.05, 4.69) is 0 Å². The molecule has 28 heavy (non-hydrogen) atoms. The molecule has 0 aliphatic carbocycles. The Bertz CT molecular complexity index is 750. The lowest BCUT2D eigenvalue weighted by molar-refractivity contribution is -0.382. The highest BCUT2D eigenvalue weighted by atomic mass is 32.2. The monoisotopic (exact) mass is 479 g/mol. The molecule has 0 aromatic rings. The summed E-state index contributed by atoms with van der Waals surface area (Å²) in [5.41, 5.74) is 0. The van der Waals surface area contributed by atoms with Crippen molar-refractivity contribution in [2.45, 2.75) is 42.7 Å². The zero-order valence-corrected chi connectivity index (χ0v) is 15.2. The lowest BCUT2D eigenvalue weighted by Crippen LogP contribution is -2.65. The number of rotatable bonds is 10. The van der Waals surface area contributed by atoms with Crippen molar-refractivity contribution in [3.05, 3.63) is 0 Å². The van der Waals surface area contributed by atoms with Gasteiger partial charge in [0.2, 0.25) is 0 Å². The van der Waals surface area contributed by atoms with Gasteiger partial charge >= 0.3 is 23.3 Å². The predicted octanol–water partition coefficient (Wildman–Crippen LogP) is 1.70. The molecule has 0 fully saturated rings. The molecule has 0 bridgehead atoms. The summed E-state index contributed by atoms with van der Waals surface area (Å²) >= 11 is 0. The molecule has 2 N–H and O–H groups in total. The van der Waals surface area contributed by atoms with Crippen LogP contribution in [0.5, 0.6) is 0 Å². The van der Waals surface area contributed by atoms with Crippen LogP contribution < -0.4 is 0 Å². The van der Waals surface area contributed by atoms with Gasteiger partial charge in [-0.25, -0.2) is 8.42 Å². The van der Waals surface area contributed by atoms with Gasteiger partial charge in [-0.3, -0.25) is 4.55 Å². The Kier molecular flexibility index (Phi) is 7.87. The highest BCUT2D eigenvalue weighted by Crippen LogP contribution is 2.55. The van der Waals surface area contributed by atoms with Crippen molar-refractivity contribution in [3.63, 3.8) is 0 Å². The molecule has 0 heterocycles. The van der Waals surface area contributed by atoms with Gasteiger partial charge in [-0.05, 0) is 6.42 Å². The van der Waals surface area contributed by atoms with Gasteiger partial charge in [-0.1, -0.05) is 6.92 Å². The van der Waals surface area contributed by atoms with E-state index in [-0.39, 0.29) is 0 Å². The van der Waals surface area contributed by atoms with E-state index in [1.807, 2.05) is 0 Å². The molecule has 0 spiro atoms. The fraction of sp³-hybridized carbons (Fsp3) is 1.00. The Morgan fingerprint density at radius 1 is 0.893 bits per heavy atom. The van der Waals surface area contributed by atoms with E-state index >= 15 is 0 Å². The molecule has 7 nitrogen and oxygen atoms in total. The van der Waals surface area contributed by atoms with Gasteiger partial charge in [0.1, 0.15) is 5.75 Å². The molecule has 0 rings (SSSR count). The largest absolute Gasteiger partial charge is 0.460 e. The van der Waals surface area contributed by atoms with E-state index in [1.165, 1.54) is 0 Å². The third-order valence-electron chi connectivity index (χ3n) is 3.07. The van der Waals surface area contributed by atoms with Crippen LogP contribution in [0.3, 0.4) is 0 Å². The fourth-order valence-corrected chi connectivity index (χ4v) is 3.93. The van der Waals surface area contributed by atoms with Crippen molar-refractivity contribution in [1.82, 2.24) is 4.31 Å². The molecule has 0 aromatic heterocycles. The average molecular weight is 479 g/mol. The maximum atomic E-state index is 13.8. The standard InChI is InChI=1S/C10H14F9NO6S2/c1-2-3-20(4-6(21)5-27(22,23)24)28(25,26)10(18,19)8(13,14)7(11,12)9(15,16)17/h6,21H,2-5H2,1H3,(H,22,23,24). The number of nitrogens with zero attached hydrogens (tertiary/aromatic N) is 1. The number of hydrogen-bond acceptors (Lipinski definition) is 5. The third-order valence-corrected chi connectivity index (χ3v) is 5.79. The van der Waals surface area contributed by atoms with Gasteiger partial charge in [-0.15, -0.1) is 0 Å². The Hall–Kier alpha value is -0.850. The van der Waals surface area contributed by atoms with E-state index in [0.717, 1.165) is 6.92 Å². The molecular weight excluding hydrogens is 465 g/mol. The summed E-state index contributed by atoms with van der Waals surface area (Å²) in [6.07, 6.45) is -10.2. The SMILES string of the molecule is CCCN(CC(O)CS(=O)(=O)O)S(=O)(=O)C(F)(F)C(F)(F)C(F)(F)C(F)(F)F. The number of hydrogen-bond donors (Lipinski definition) is 2. The average Bonchev–Trinajstić information content (AvgIpc) is 2.42. The maximum absolute atomic E-state index is 13.8. The first-order chi connectivity index (χ1) is 12.1. The predicted molar refractivity (Wildman–Crippen MR) is 74.1 cm³/mol. The zero-order valence-electron chi connectivity index (χ0n) is 13.6. The van der Waals surface area contributed by atoms with Crippen LogP contribution in [0.1, 0.15) is 13.3 Å². The molecule has 0 aliphatic heterocycles. The first-order valence-corrected chi connectivity index (χ1v) is 9.94. The van der Waals surface area contributed by atoms with Crippen LogP contribution >= 0.6 is 0 Å². The number of sulfonamides is 1. The topological polar surface area (TPSA) is 112 Å². The van der Waals surface area contributed by atoms with Crippen LogP contribution in [0.25, 0.3) is 0 Å². The summed E-state index contributed by atoms with van der Waals surface area (Å²) in [4.78, 5) is 0. The zero-order chi connectivity index (χ0) is 23.0. The smallest absolute Gasteiger partial charge is 0.391 e. The summed E-state index contributed by atoms with van der Waals surface area (Å²) < 4.78 is 169. The van der Waals surface area contributed by atoms with Crippen LogP contribution in [0.2, 0.25) is 0 Å². The first kappa shape index (κ1) is 27.1. The lowest BCUT2D eigenvalue weighted by atomic mass is 10.1. The molecule has 0 aromatic carbocycles. The van der Waals surface area contributed by atoms with Crippen molar-refractivity contribution < 1.29 is 66.0 Å². The highest BCUT2D eigenvalue weighted by molar-refractivity contribution is 7.90. The van der Waals surface area contributed by atoms with Gasteiger partial charge in [0, 0.05) is 13.1 Å². The molecule has 0 aliphatic rings. The van der Waals surface area contributed by atoms with Crippen molar-refractivity contribution in [1.29, 1.82) is 0 Å². The van der Waals surface area contributed by atoms with E-state index in [0.29, 0.717) is 0 Å². The highest BCUT2D eigenvalue weighted by Gasteiger charge is 2.85. The van der Waals surface area contributed by atoms with Crippen molar-refractivity contribution in [2.75, 3.05) is 18.8 Å². The first-order valence-electron chi connectivity index (χ1n) is 6.89. The Morgan fingerprint density at radius 2 is 1.32 bits per heavy atom. The Labute approximate surface area is 152 Å². The van der Waals surface area contributed by atoms with E-state index in [4.69, 9.17) is 4.55 Å². The van der Waals surface area contributed by atoms with E-state index in [1.54, 1.807) is 0 Å².